The number of halogens is 2. The van der Waals surface area contributed by atoms with Crippen LogP contribution in [0, 0.1) is 0 Å². The highest BCUT2D eigenvalue weighted by Crippen LogP contribution is 2.37. The monoisotopic (exact) mass is 415 g/mol. The Morgan fingerprint density at radius 1 is 0.783 bits per heavy atom. The van der Waals surface area contributed by atoms with Gasteiger partial charge in [-0.1, -0.05) is 54.6 Å². The number of alkyl halides is 1. The quantitative estimate of drug-likeness (QED) is 0.283. The maximum atomic E-state index is 13.4. The molecule has 0 N–H and O–H groups in total. The molecule has 114 valence electrons. The van der Waals surface area contributed by atoms with Gasteiger partial charge in [0.25, 0.3) is 0 Å². The minimum atomic E-state index is -0.562. The lowest BCUT2D eigenvalue weighted by Crippen LogP contribution is -1.93. The van der Waals surface area contributed by atoms with E-state index in [1.165, 1.54) is 0 Å². The topological polar surface area (TPSA) is 12.9 Å². The van der Waals surface area contributed by atoms with E-state index in [0.29, 0.717) is 5.69 Å². The lowest BCUT2D eigenvalue weighted by atomic mass is 9.91. The van der Waals surface area contributed by atoms with E-state index in [9.17, 15) is 4.39 Å². The van der Waals surface area contributed by atoms with Gasteiger partial charge in [-0.25, -0.2) is 4.39 Å². The molecule has 0 saturated carbocycles. The van der Waals surface area contributed by atoms with Gasteiger partial charge in [0.15, 0.2) is 0 Å². The highest BCUT2D eigenvalue weighted by Gasteiger charge is 2.13. The molecule has 0 atom stereocenters. The van der Waals surface area contributed by atoms with E-state index in [4.69, 9.17) is 0 Å². The molecular formula is C20H15FIN. The summed E-state index contributed by atoms with van der Waals surface area (Å²) in [5.41, 5.74) is 2.43. The zero-order valence-corrected chi connectivity index (χ0v) is 14.7. The van der Waals surface area contributed by atoms with Gasteiger partial charge in [0.1, 0.15) is 6.67 Å². The number of hydrogen-bond donors (Lipinski definition) is 0. The predicted molar refractivity (Wildman–Crippen MR) is 105 cm³/mol. The smallest absolute Gasteiger partial charge is 0.132 e. The van der Waals surface area contributed by atoms with Crippen molar-refractivity contribution in [3.63, 3.8) is 0 Å². The molecule has 0 aliphatic carbocycles. The molecule has 4 aromatic rings. The number of benzene rings is 3. The van der Waals surface area contributed by atoms with E-state index in [-0.39, 0.29) is 24.0 Å². The fourth-order valence-electron chi connectivity index (χ4n) is 3.08. The lowest BCUT2D eigenvalue weighted by molar-refractivity contribution is 0.477. The molecule has 0 aliphatic rings. The molecule has 0 fully saturated rings. The Morgan fingerprint density at radius 3 is 2.00 bits per heavy atom. The average Bonchev–Trinajstić information content (AvgIpc) is 2.59. The first-order chi connectivity index (χ1) is 10.9. The molecule has 4 rings (SSSR count). The van der Waals surface area contributed by atoms with Gasteiger partial charge in [-0.15, -0.1) is 24.0 Å². The molecular weight excluding hydrogens is 400 g/mol. The van der Waals surface area contributed by atoms with Gasteiger partial charge in [0.05, 0.1) is 5.69 Å². The molecule has 3 heteroatoms. The van der Waals surface area contributed by atoms with Crippen molar-refractivity contribution in [1.29, 1.82) is 0 Å². The number of nitrogens with zero attached hydrogens (tertiary/aromatic N) is 1. The first-order valence-electron chi connectivity index (χ1n) is 7.29. The number of hydrogen-bond acceptors (Lipinski definition) is 1. The summed E-state index contributed by atoms with van der Waals surface area (Å²) >= 11 is 0. The van der Waals surface area contributed by atoms with Crippen LogP contribution in [0.15, 0.2) is 72.9 Å². The molecule has 0 saturated heterocycles. The van der Waals surface area contributed by atoms with Crippen molar-refractivity contribution in [3.8, 4) is 11.1 Å². The molecule has 3 aromatic carbocycles. The van der Waals surface area contributed by atoms with Gasteiger partial charge in [-0.05, 0) is 39.2 Å². The Hall–Kier alpha value is -2.01. The van der Waals surface area contributed by atoms with Crippen LogP contribution in [0.1, 0.15) is 5.69 Å². The van der Waals surface area contributed by atoms with Crippen LogP contribution in [0.5, 0.6) is 0 Å². The zero-order chi connectivity index (χ0) is 14.9. The zero-order valence-electron chi connectivity index (χ0n) is 12.4. The van der Waals surface area contributed by atoms with Crippen molar-refractivity contribution >= 4 is 45.5 Å². The Bertz CT molecular complexity index is 927. The number of rotatable bonds is 2. The van der Waals surface area contributed by atoms with Crippen LogP contribution >= 0.6 is 24.0 Å². The van der Waals surface area contributed by atoms with Crippen molar-refractivity contribution in [1.82, 2.24) is 4.98 Å². The number of pyridine rings is 1. The largest absolute Gasteiger partial charge is 0.258 e. The molecule has 1 heterocycles. The van der Waals surface area contributed by atoms with Crippen LogP contribution in [-0.4, -0.2) is 4.98 Å². The number of fused-ring (bicyclic) bond motifs is 2. The molecule has 1 nitrogen and oxygen atoms in total. The first-order valence-corrected chi connectivity index (χ1v) is 7.29. The molecule has 0 aliphatic heterocycles. The van der Waals surface area contributed by atoms with E-state index in [1.807, 2.05) is 36.4 Å². The fourth-order valence-corrected chi connectivity index (χ4v) is 3.08. The van der Waals surface area contributed by atoms with Crippen molar-refractivity contribution in [2.45, 2.75) is 6.67 Å². The standard InChI is InChI=1S/C20H14FN.HI/c21-13-19-18(10-5-11-22-19)20-16-8-3-1-6-14(16)12-15-7-2-4-9-17(15)20;/h1-12H,13H2;1H. The molecule has 0 spiro atoms. The second-order valence-electron chi connectivity index (χ2n) is 5.33. The lowest BCUT2D eigenvalue weighted by Gasteiger charge is -2.13. The summed E-state index contributed by atoms with van der Waals surface area (Å²) in [6, 6.07) is 22.5. The summed E-state index contributed by atoms with van der Waals surface area (Å²) in [6.45, 7) is -0.562. The SMILES string of the molecule is FCc1ncccc1-c1c2ccccc2cc2ccccc12.I. The summed E-state index contributed by atoms with van der Waals surface area (Å²) in [7, 11) is 0. The molecule has 1 aromatic heterocycles. The van der Waals surface area contributed by atoms with Gasteiger partial charge in [0, 0.05) is 11.8 Å². The summed E-state index contributed by atoms with van der Waals surface area (Å²) in [4.78, 5) is 4.21. The molecule has 0 unspecified atom stereocenters. The summed E-state index contributed by atoms with van der Waals surface area (Å²) < 4.78 is 13.4. The molecule has 0 amide bonds. The van der Waals surface area contributed by atoms with Gasteiger partial charge in [-0.2, -0.15) is 0 Å². The minimum Gasteiger partial charge on any atom is -0.258 e. The third-order valence-electron chi connectivity index (χ3n) is 4.06. The Morgan fingerprint density at radius 2 is 1.39 bits per heavy atom. The van der Waals surface area contributed by atoms with Crippen molar-refractivity contribution in [2.75, 3.05) is 0 Å². The highest BCUT2D eigenvalue weighted by atomic mass is 127. The van der Waals surface area contributed by atoms with Crippen molar-refractivity contribution in [3.05, 3.63) is 78.6 Å². The summed E-state index contributed by atoms with van der Waals surface area (Å²) in [6.07, 6.45) is 1.64. The molecule has 0 radical (unpaired) electrons. The van der Waals surface area contributed by atoms with Crippen molar-refractivity contribution < 1.29 is 4.39 Å². The van der Waals surface area contributed by atoms with E-state index in [1.54, 1.807) is 6.20 Å². The Kier molecular flexibility index (Phi) is 4.57. The fraction of sp³-hybridized carbons (Fsp3) is 0.0500. The predicted octanol–water partition coefficient (Wildman–Crippen LogP) is 6.14. The van der Waals surface area contributed by atoms with E-state index >= 15 is 0 Å². The van der Waals surface area contributed by atoms with E-state index in [0.717, 1.165) is 32.7 Å². The van der Waals surface area contributed by atoms with Crippen LogP contribution in [-0.2, 0) is 6.67 Å². The van der Waals surface area contributed by atoms with Crippen LogP contribution in [0.25, 0.3) is 32.7 Å². The van der Waals surface area contributed by atoms with Gasteiger partial charge in [0.2, 0.25) is 0 Å². The normalized spacial score (nSPS) is 10.7. The van der Waals surface area contributed by atoms with E-state index < -0.39 is 6.67 Å². The van der Waals surface area contributed by atoms with Crippen LogP contribution in [0.3, 0.4) is 0 Å². The van der Waals surface area contributed by atoms with Crippen LogP contribution in [0.4, 0.5) is 4.39 Å². The highest BCUT2D eigenvalue weighted by molar-refractivity contribution is 14.0. The third kappa shape index (κ3) is 2.70. The van der Waals surface area contributed by atoms with Gasteiger partial charge >= 0.3 is 0 Å². The Balaban J connectivity index is 0.00000156. The second kappa shape index (κ2) is 6.62. The molecule has 0 bridgehead atoms. The summed E-state index contributed by atoms with van der Waals surface area (Å²) in [5.74, 6) is 0. The van der Waals surface area contributed by atoms with Gasteiger partial charge < -0.3 is 0 Å². The van der Waals surface area contributed by atoms with Crippen LogP contribution in [0.2, 0.25) is 0 Å². The molecule has 23 heavy (non-hydrogen) atoms. The minimum absolute atomic E-state index is 0. The second-order valence-corrected chi connectivity index (χ2v) is 5.33. The average molecular weight is 415 g/mol. The van der Waals surface area contributed by atoms with Crippen molar-refractivity contribution in [2.24, 2.45) is 0 Å². The van der Waals surface area contributed by atoms with E-state index in [2.05, 4.69) is 35.3 Å². The maximum Gasteiger partial charge on any atom is 0.132 e. The third-order valence-corrected chi connectivity index (χ3v) is 4.06. The van der Waals surface area contributed by atoms with Crippen LogP contribution < -0.4 is 0 Å². The summed E-state index contributed by atoms with van der Waals surface area (Å²) in [5, 5.41) is 4.57. The van der Waals surface area contributed by atoms with Gasteiger partial charge in [-0.3, -0.25) is 4.98 Å². The first kappa shape index (κ1) is 15.9. The maximum absolute atomic E-state index is 13.4. The number of aromatic nitrogens is 1. The Labute approximate surface area is 151 Å².